The van der Waals surface area contributed by atoms with Crippen molar-refractivity contribution in [2.75, 3.05) is 26.2 Å². The summed E-state index contributed by atoms with van der Waals surface area (Å²) in [7, 11) is 0. The molecule has 12 nitrogen and oxygen atoms in total. The van der Waals surface area contributed by atoms with Crippen molar-refractivity contribution in [2.45, 2.75) is 58.7 Å². The quantitative estimate of drug-likeness (QED) is 0.255. The maximum Gasteiger partial charge on any atom is 0.254 e. The molecule has 1 aliphatic heterocycles. The number of amides is 5. The van der Waals surface area contributed by atoms with Crippen molar-refractivity contribution in [3.8, 4) is 0 Å². The number of nitrogens with zero attached hydrogens (tertiary/aromatic N) is 3. The lowest BCUT2D eigenvalue weighted by molar-refractivity contribution is -0.132. The van der Waals surface area contributed by atoms with Crippen LogP contribution in [0.4, 0.5) is 0 Å². The monoisotopic (exact) mass is 679 g/mol. The normalized spacial score (nSPS) is 18.6. The first-order valence-corrected chi connectivity index (χ1v) is 17.1. The number of aryl methyl sites for hydroxylation is 1. The van der Waals surface area contributed by atoms with E-state index in [0.29, 0.717) is 36.6 Å². The van der Waals surface area contributed by atoms with Crippen molar-refractivity contribution in [3.63, 3.8) is 0 Å². The Labute approximate surface area is 292 Å². The number of rotatable bonds is 5. The van der Waals surface area contributed by atoms with Gasteiger partial charge in [0.1, 0.15) is 17.9 Å². The van der Waals surface area contributed by atoms with Crippen LogP contribution < -0.4 is 21.3 Å². The molecule has 0 fully saturated rings. The molecule has 0 aliphatic carbocycles. The Morgan fingerprint density at radius 3 is 2.30 bits per heavy atom. The molecule has 12 heteroatoms. The third-order valence-electron chi connectivity index (χ3n) is 8.53. The summed E-state index contributed by atoms with van der Waals surface area (Å²) in [6, 6.07) is 21.3. The lowest BCUT2D eigenvalue weighted by atomic mass is 10.0. The van der Waals surface area contributed by atoms with Gasteiger partial charge in [-0.3, -0.25) is 24.0 Å². The predicted octanol–water partition coefficient (Wildman–Crippen LogP) is 2.86. The van der Waals surface area contributed by atoms with Gasteiger partial charge in [-0.15, -0.1) is 0 Å². The summed E-state index contributed by atoms with van der Waals surface area (Å²) in [4.78, 5) is 73.3. The number of fused-ring (bicyclic) bond motifs is 1. The van der Waals surface area contributed by atoms with Gasteiger partial charge in [-0.05, 0) is 55.2 Å². The molecule has 0 spiro atoms. The van der Waals surface area contributed by atoms with E-state index in [4.69, 9.17) is 4.98 Å². The topological polar surface area (TPSA) is 155 Å². The zero-order chi connectivity index (χ0) is 35.6. The van der Waals surface area contributed by atoms with Gasteiger partial charge in [-0.1, -0.05) is 62.4 Å². The van der Waals surface area contributed by atoms with Gasteiger partial charge >= 0.3 is 0 Å². The van der Waals surface area contributed by atoms with Gasteiger partial charge in [0.05, 0.1) is 17.6 Å². The summed E-state index contributed by atoms with van der Waals surface area (Å²) in [5.74, 6) is -0.911. The Balaban J connectivity index is 1.44. The van der Waals surface area contributed by atoms with Crippen molar-refractivity contribution in [1.82, 2.24) is 35.7 Å². The lowest BCUT2D eigenvalue weighted by Gasteiger charge is -2.25. The third kappa shape index (κ3) is 9.34. The second kappa shape index (κ2) is 16.7. The minimum absolute atomic E-state index is 0.0400. The van der Waals surface area contributed by atoms with Crippen LogP contribution >= 0.6 is 0 Å². The molecule has 3 aromatic carbocycles. The van der Waals surface area contributed by atoms with Gasteiger partial charge in [0, 0.05) is 50.1 Å². The van der Waals surface area contributed by atoms with Gasteiger partial charge in [0.2, 0.25) is 17.7 Å². The molecule has 0 saturated carbocycles. The molecule has 1 aromatic heterocycles. The van der Waals surface area contributed by atoms with Gasteiger partial charge in [-0.25, -0.2) is 4.98 Å². The predicted molar refractivity (Wildman–Crippen MR) is 190 cm³/mol. The molecule has 0 radical (unpaired) electrons. The van der Waals surface area contributed by atoms with E-state index in [1.165, 1.54) is 4.90 Å². The minimum atomic E-state index is -1.02. The Morgan fingerprint density at radius 1 is 0.860 bits per heavy atom. The van der Waals surface area contributed by atoms with Crippen LogP contribution in [0.15, 0.2) is 78.9 Å². The standard InChI is InChI=1S/C38H45N7O5/c1-25(2)21-33-42-30-16-15-29-23-32(30)45(33)19-10-17-39-35(47)26(3)41-37(49)31(22-27-11-6-4-7-12-27)43-34(46)24-44(20-18-40-36(29)48)38(50)28-13-8-5-9-14-28/h4-9,11-16,23,25-26,31H,10,17-22,24H2,1-3H3,(H,39,47)(H,40,48)(H,41,49)(H,43,46)/t26-,31+/m1/s1. The Bertz CT molecular complexity index is 1820. The van der Waals surface area contributed by atoms with Crippen LogP contribution in [0.2, 0.25) is 0 Å². The van der Waals surface area contributed by atoms with Crippen LogP contribution in [0.5, 0.6) is 0 Å². The van der Waals surface area contributed by atoms with E-state index in [9.17, 15) is 24.0 Å². The number of benzene rings is 3. The molecule has 1 aliphatic rings. The van der Waals surface area contributed by atoms with E-state index in [2.05, 4.69) is 39.7 Å². The minimum Gasteiger partial charge on any atom is -0.354 e. The molecular weight excluding hydrogens is 634 g/mol. The molecular formula is C38H45N7O5. The molecule has 50 heavy (non-hydrogen) atoms. The molecule has 5 rings (SSSR count). The number of carbonyl (C=O) groups is 5. The molecule has 262 valence electrons. The van der Waals surface area contributed by atoms with Gasteiger partial charge < -0.3 is 30.7 Å². The smallest absolute Gasteiger partial charge is 0.254 e. The zero-order valence-corrected chi connectivity index (χ0v) is 28.8. The molecule has 2 heterocycles. The molecule has 2 bridgehead atoms. The van der Waals surface area contributed by atoms with Crippen LogP contribution in [0, 0.1) is 5.92 Å². The van der Waals surface area contributed by atoms with E-state index < -0.39 is 29.8 Å². The largest absolute Gasteiger partial charge is 0.354 e. The third-order valence-corrected chi connectivity index (χ3v) is 8.53. The average molecular weight is 680 g/mol. The summed E-state index contributed by atoms with van der Waals surface area (Å²) in [6.07, 6.45) is 1.51. The first-order chi connectivity index (χ1) is 24.1. The van der Waals surface area contributed by atoms with Crippen molar-refractivity contribution in [3.05, 3.63) is 101 Å². The summed E-state index contributed by atoms with van der Waals surface area (Å²) in [5.41, 5.74) is 3.21. The zero-order valence-electron chi connectivity index (χ0n) is 28.8. The van der Waals surface area contributed by atoms with Crippen LogP contribution in [0.3, 0.4) is 0 Å². The molecule has 0 saturated heterocycles. The lowest BCUT2D eigenvalue weighted by Crippen LogP contribution is -2.55. The Morgan fingerprint density at radius 2 is 1.58 bits per heavy atom. The number of hydrogen-bond acceptors (Lipinski definition) is 6. The molecule has 5 amide bonds. The number of imidazole rings is 1. The Kier molecular flexibility index (Phi) is 12.0. The second-order valence-electron chi connectivity index (χ2n) is 13.0. The second-order valence-corrected chi connectivity index (χ2v) is 13.0. The van der Waals surface area contributed by atoms with E-state index in [1.807, 2.05) is 42.5 Å². The fourth-order valence-corrected chi connectivity index (χ4v) is 5.96. The molecule has 2 atom stereocenters. The number of carbonyl (C=O) groups excluding carboxylic acids is 5. The number of nitrogens with one attached hydrogen (secondary N) is 4. The van der Waals surface area contributed by atoms with Crippen LogP contribution in [0.25, 0.3) is 11.0 Å². The van der Waals surface area contributed by atoms with Crippen molar-refractivity contribution in [1.29, 1.82) is 0 Å². The first kappa shape index (κ1) is 35.8. The van der Waals surface area contributed by atoms with E-state index in [0.717, 1.165) is 28.8 Å². The highest BCUT2D eigenvalue weighted by Gasteiger charge is 2.27. The highest BCUT2D eigenvalue weighted by atomic mass is 16.2. The van der Waals surface area contributed by atoms with Gasteiger partial charge in [-0.2, -0.15) is 0 Å². The first-order valence-electron chi connectivity index (χ1n) is 17.1. The van der Waals surface area contributed by atoms with Gasteiger partial charge in [0.15, 0.2) is 0 Å². The van der Waals surface area contributed by atoms with Crippen molar-refractivity contribution in [2.24, 2.45) is 5.92 Å². The molecule has 4 aromatic rings. The van der Waals surface area contributed by atoms with Crippen molar-refractivity contribution >= 4 is 40.6 Å². The highest BCUT2D eigenvalue weighted by Crippen LogP contribution is 2.21. The molecule has 4 N–H and O–H groups in total. The van der Waals surface area contributed by atoms with Gasteiger partial charge in [0.25, 0.3) is 11.8 Å². The van der Waals surface area contributed by atoms with Crippen LogP contribution in [-0.4, -0.2) is 82.2 Å². The van der Waals surface area contributed by atoms with E-state index in [1.54, 1.807) is 43.3 Å². The maximum absolute atomic E-state index is 13.6. The fraction of sp³-hybridized carbons (Fsp3) is 0.368. The highest BCUT2D eigenvalue weighted by molar-refractivity contribution is 5.99. The van der Waals surface area contributed by atoms with Crippen molar-refractivity contribution < 1.29 is 24.0 Å². The van der Waals surface area contributed by atoms with Crippen LogP contribution in [0.1, 0.15) is 59.3 Å². The number of aromatic nitrogens is 2. The summed E-state index contributed by atoms with van der Waals surface area (Å²) in [6.45, 7) is 6.52. The number of hydrogen-bond donors (Lipinski definition) is 4. The fourth-order valence-electron chi connectivity index (χ4n) is 5.96. The summed E-state index contributed by atoms with van der Waals surface area (Å²) in [5, 5.41) is 11.3. The Hall–Kier alpha value is -5.52. The summed E-state index contributed by atoms with van der Waals surface area (Å²) >= 11 is 0. The average Bonchev–Trinajstić information content (AvgIpc) is 3.44. The van der Waals surface area contributed by atoms with Crippen LogP contribution in [-0.2, 0) is 33.8 Å². The van der Waals surface area contributed by atoms with E-state index >= 15 is 0 Å². The van der Waals surface area contributed by atoms with E-state index in [-0.39, 0.29) is 37.9 Å². The summed E-state index contributed by atoms with van der Waals surface area (Å²) < 4.78 is 2.09. The maximum atomic E-state index is 13.6. The SMILES string of the molecule is CC(C)Cc1nc2ccc3cc2n1CCCNC(=O)[C@@H](C)NC(=O)[C@H](Cc1ccccc1)NC(=O)CN(C(=O)c1ccccc1)CCNC3=O. The molecule has 0 unspecified atom stereocenters.